The minimum Gasteiger partial charge on any atom is -0.480 e. The second-order valence-electron chi connectivity index (χ2n) is 5.38. The molecule has 0 unspecified atom stereocenters. The van der Waals surface area contributed by atoms with Gasteiger partial charge < -0.3 is 15.7 Å². The zero-order valence-corrected chi connectivity index (χ0v) is 15.6. The first-order chi connectivity index (χ1) is 12.8. The number of hydrogen-bond donors (Lipinski definition) is 4. The van der Waals surface area contributed by atoms with Gasteiger partial charge >= 0.3 is 5.97 Å². The van der Waals surface area contributed by atoms with E-state index in [1.165, 1.54) is 35.6 Å². The summed E-state index contributed by atoms with van der Waals surface area (Å²) in [6.45, 7) is -1.02. The number of aliphatic carboxylic acids is 1. The van der Waals surface area contributed by atoms with Crippen molar-refractivity contribution in [3.8, 4) is 0 Å². The number of carboxylic acids is 1. The minimum atomic E-state index is -4.02. The Kier molecular flexibility index (Phi) is 7.05. The molecule has 9 nitrogen and oxygen atoms in total. The van der Waals surface area contributed by atoms with Gasteiger partial charge in [-0.05, 0) is 40.6 Å². The maximum Gasteiger partial charge on any atom is 0.318 e. The topological polar surface area (TPSA) is 142 Å². The van der Waals surface area contributed by atoms with Crippen molar-refractivity contribution in [2.75, 3.05) is 18.4 Å². The summed E-state index contributed by atoms with van der Waals surface area (Å²) in [5.41, 5.74) is 1.05. The van der Waals surface area contributed by atoms with Crippen molar-refractivity contribution in [1.29, 1.82) is 0 Å². The molecule has 11 heteroatoms. The summed E-state index contributed by atoms with van der Waals surface area (Å²) in [4.78, 5) is 34.0. The van der Waals surface area contributed by atoms with Gasteiger partial charge in [0, 0.05) is 5.69 Å². The maximum atomic E-state index is 12.0. The summed E-state index contributed by atoms with van der Waals surface area (Å²) < 4.78 is 25.9. The third-order valence-corrected chi connectivity index (χ3v) is 5.36. The Morgan fingerprint density at radius 1 is 1.07 bits per heavy atom. The summed E-state index contributed by atoms with van der Waals surface area (Å²) in [6.07, 6.45) is 0.166. The first-order valence-corrected chi connectivity index (χ1v) is 10.1. The summed E-state index contributed by atoms with van der Waals surface area (Å²) in [6, 6.07) is 7.15. The highest BCUT2D eigenvalue weighted by molar-refractivity contribution is 7.89. The van der Waals surface area contributed by atoms with E-state index in [0.29, 0.717) is 0 Å². The molecule has 0 bridgehead atoms. The van der Waals surface area contributed by atoms with Crippen molar-refractivity contribution in [3.63, 3.8) is 0 Å². The fourth-order valence-electron chi connectivity index (χ4n) is 2.01. The molecule has 0 spiro atoms. The average Bonchev–Trinajstić information content (AvgIpc) is 3.11. The molecule has 0 radical (unpaired) electrons. The van der Waals surface area contributed by atoms with E-state index in [1.54, 1.807) is 0 Å². The van der Waals surface area contributed by atoms with E-state index >= 15 is 0 Å². The molecular formula is C16H17N3O6S2. The number of amides is 2. The lowest BCUT2D eigenvalue weighted by molar-refractivity contribution is -0.135. The van der Waals surface area contributed by atoms with Crippen molar-refractivity contribution >= 4 is 44.8 Å². The SMILES string of the molecule is O=C(O)CNS(=O)(=O)c1cccc(NC(=O)CNC(=O)Cc2ccsc2)c1. The van der Waals surface area contributed by atoms with Crippen molar-refractivity contribution in [1.82, 2.24) is 10.0 Å². The molecule has 1 aromatic carbocycles. The number of benzene rings is 1. The van der Waals surface area contributed by atoms with Crippen LogP contribution in [0.15, 0.2) is 46.0 Å². The van der Waals surface area contributed by atoms with Crippen molar-refractivity contribution < 1.29 is 27.9 Å². The quantitative estimate of drug-likeness (QED) is 0.471. The van der Waals surface area contributed by atoms with Crippen LogP contribution in [-0.2, 0) is 30.8 Å². The monoisotopic (exact) mass is 411 g/mol. The zero-order chi connectivity index (χ0) is 19.9. The highest BCUT2D eigenvalue weighted by Crippen LogP contribution is 2.15. The molecule has 0 aliphatic rings. The lowest BCUT2D eigenvalue weighted by atomic mass is 10.2. The number of hydrogen-bond acceptors (Lipinski definition) is 6. The van der Waals surface area contributed by atoms with Crippen LogP contribution in [0.4, 0.5) is 5.69 Å². The molecule has 0 saturated carbocycles. The highest BCUT2D eigenvalue weighted by atomic mass is 32.2. The molecule has 2 amide bonds. The number of sulfonamides is 1. The number of anilines is 1. The molecule has 0 saturated heterocycles. The lowest BCUT2D eigenvalue weighted by Crippen LogP contribution is -2.33. The fraction of sp³-hybridized carbons (Fsp3) is 0.188. The highest BCUT2D eigenvalue weighted by Gasteiger charge is 2.16. The molecule has 0 fully saturated rings. The first kappa shape index (κ1) is 20.6. The van der Waals surface area contributed by atoms with Gasteiger partial charge in [0.1, 0.15) is 6.54 Å². The van der Waals surface area contributed by atoms with Crippen LogP contribution in [0.5, 0.6) is 0 Å². The van der Waals surface area contributed by atoms with Gasteiger partial charge in [0.05, 0.1) is 17.9 Å². The van der Waals surface area contributed by atoms with E-state index in [4.69, 9.17) is 5.11 Å². The molecule has 27 heavy (non-hydrogen) atoms. The Labute approximate surface area is 159 Å². The van der Waals surface area contributed by atoms with Crippen molar-refractivity contribution in [3.05, 3.63) is 46.7 Å². The number of thiophene rings is 1. The zero-order valence-electron chi connectivity index (χ0n) is 14.0. The molecule has 2 aromatic rings. The van der Waals surface area contributed by atoms with Gasteiger partial charge in [0.2, 0.25) is 21.8 Å². The summed E-state index contributed by atoms with van der Waals surface area (Å²) >= 11 is 1.47. The van der Waals surface area contributed by atoms with E-state index < -0.39 is 28.4 Å². The average molecular weight is 411 g/mol. The third-order valence-electron chi connectivity index (χ3n) is 3.23. The van der Waals surface area contributed by atoms with E-state index in [1.807, 2.05) is 21.5 Å². The molecule has 4 N–H and O–H groups in total. The number of carboxylic acid groups (broad SMARTS) is 1. The standard InChI is InChI=1S/C16H17N3O6S2/c20-14(6-11-4-5-26-10-11)17-8-15(21)19-12-2-1-3-13(7-12)27(24,25)18-9-16(22)23/h1-5,7,10,18H,6,8-9H2,(H,17,20)(H,19,21)(H,22,23). The van der Waals surface area contributed by atoms with Crippen LogP contribution in [0.25, 0.3) is 0 Å². The number of carbonyl (C=O) groups excluding carboxylic acids is 2. The summed E-state index contributed by atoms with van der Waals surface area (Å²) in [7, 11) is -4.02. The number of nitrogens with one attached hydrogen (secondary N) is 3. The van der Waals surface area contributed by atoms with Gasteiger partial charge in [-0.2, -0.15) is 16.1 Å². The smallest absolute Gasteiger partial charge is 0.318 e. The van der Waals surface area contributed by atoms with Gasteiger partial charge in [-0.1, -0.05) is 6.07 Å². The van der Waals surface area contributed by atoms with Gasteiger partial charge in [-0.25, -0.2) is 8.42 Å². The van der Waals surface area contributed by atoms with Gasteiger partial charge in [-0.3, -0.25) is 14.4 Å². The molecule has 1 heterocycles. The lowest BCUT2D eigenvalue weighted by Gasteiger charge is -2.09. The molecule has 144 valence electrons. The van der Waals surface area contributed by atoms with E-state index in [9.17, 15) is 22.8 Å². The molecule has 0 atom stereocenters. The predicted molar refractivity (Wildman–Crippen MR) is 98.9 cm³/mol. The molecule has 0 aliphatic heterocycles. The van der Waals surface area contributed by atoms with E-state index in [0.717, 1.165) is 5.56 Å². The Morgan fingerprint density at radius 2 is 1.85 bits per heavy atom. The van der Waals surface area contributed by atoms with E-state index in [-0.39, 0.29) is 29.5 Å². The minimum absolute atomic E-state index is 0.166. The fourth-order valence-corrected chi connectivity index (χ4v) is 3.69. The van der Waals surface area contributed by atoms with Crippen LogP contribution in [-0.4, -0.2) is 44.4 Å². The Hall–Kier alpha value is -2.76. The Balaban J connectivity index is 1.90. The first-order valence-electron chi connectivity index (χ1n) is 7.65. The molecule has 0 aliphatic carbocycles. The molecule has 1 aromatic heterocycles. The van der Waals surface area contributed by atoms with Crippen LogP contribution in [0.3, 0.4) is 0 Å². The van der Waals surface area contributed by atoms with Crippen molar-refractivity contribution in [2.24, 2.45) is 0 Å². The van der Waals surface area contributed by atoms with Gasteiger partial charge in [0.15, 0.2) is 0 Å². The Morgan fingerprint density at radius 3 is 2.52 bits per heavy atom. The number of rotatable bonds is 9. The second-order valence-corrected chi connectivity index (χ2v) is 7.93. The van der Waals surface area contributed by atoms with Crippen LogP contribution >= 0.6 is 11.3 Å². The molecule has 2 rings (SSSR count). The van der Waals surface area contributed by atoms with E-state index in [2.05, 4.69) is 10.6 Å². The van der Waals surface area contributed by atoms with Gasteiger partial charge in [0.25, 0.3) is 0 Å². The van der Waals surface area contributed by atoms with Crippen molar-refractivity contribution in [2.45, 2.75) is 11.3 Å². The normalized spacial score (nSPS) is 11.0. The Bertz CT molecular complexity index is 925. The second kappa shape index (κ2) is 9.26. The summed E-state index contributed by atoms with van der Waals surface area (Å²) in [5, 5.41) is 17.2. The van der Waals surface area contributed by atoms with Crippen LogP contribution in [0, 0.1) is 0 Å². The van der Waals surface area contributed by atoms with Gasteiger partial charge in [-0.15, -0.1) is 0 Å². The molecular weight excluding hydrogens is 394 g/mol. The largest absolute Gasteiger partial charge is 0.480 e. The van der Waals surface area contributed by atoms with Crippen LogP contribution in [0.2, 0.25) is 0 Å². The predicted octanol–water partition coefficient (Wildman–Crippen LogP) is 0.408. The number of carbonyl (C=O) groups is 3. The van der Waals surface area contributed by atoms with Crippen LogP contribution in [0.1, 0.15) is 5.56 Å². The van der Waals surface area contributed by atoms with Crippen LogP contribution < -0.4 is 15.4 Å². The summed E-state index contributed by atoms with van der Waals surface area (Å²) in [5.74, 6) is -2.15. The third kappa shape index (κ3) is 6.81. The maximum absolute atomic E-state index is 12.0.